The van der Waals surface area contributed by atoms with Gasteiger partial charge in [0, 0.05) is 15.5 Å². The van der Waals surface area contributed by atoms with E-state index in [9.17, 15) is 13.6 Å². The van der Waals surface area contributed by atoms with Crippen LogP contribution in [0.4, 0.5) is 8.78 Å². The zero-order chi connectivity index (χ0) is 22.8. The smallest absolute Gasteiger partial charge is 0.299 e. The number of rotatable bonds is 6. The maximum Gasteiger partial charge on any atom is 0.299 e. The molecule has 1 amide bonds. The fourth-order valence-corrected chi connectivity index (χ4v) is 4.24. The molecule has 12 heteroatoms. The number of hydrogen-bond donors (Lipinski definition) is 1. The summed E-state index contributed by atoms with van der Waals surface area (Å²) in [5, 5.41) is 12.7. The Kier molecular flexibility index (Phi) is 6.45. The van der Waals surface area contributed by atoms with E-state index in [1.54, 1.807) is 48.5 Å². The fourth-order valence-electron chi connectivity index (χ4n) is 2.80. The van der Waals surface area contributed by atoms with Gasteiger partial charge in [0.25, 0.3) is 12.3 Å². The number of carbonyl (C=O) groups is 1. The second-order valence-electron chi connectivity index (χ2n) is 6.46. The molecule has 7 nitrogen and oxygen atoms in total. The Hall–Kier alpha value is -2.95. The number of primary amides is 1. The Morgan fingerprint density at radius 3 is 2.59 bits per heavy atom. The van der Waals surface area contributed by atoms with Crippen LogP contribution in [0.3, 0.4) is 0 Å². The fraction of sp³-hybridized carbons (Fsp3) is 0.100. The van der Waals surface area contributed by atoms with E-state index < -0.39 is 18.2 Å². The molecule has 0 saturated heterocycles. The van der Waals surface area contributed by atoms with Gasteiger partial charge in [0.15, 0.2) is 6.61 Å². The minimum atomic E-state index is -2.85. The van der Waals surface area contributed by atoms with Gasteiger partial charge in [0.1, 0.15) is 11.5 Å². The van der Waals surface area contributed by atoms with E-state index in [4.69, 9.17) is 33.7 Å². The minimum absolute atomic E-state index is 0.196. The molecular weight excluding hydrogens is 483 g/mol. The molecule has 0 aliphatic carbocycles. The quantitative estimate of drug-likeness (QED) is 0.530. The molecule has 4 rings (SSSR count). The van der Waals surface area contributed by atoms with Crippen LogP contribution in [0, 0.1) is 0 Å². The van der Waals surface area contributed by atoms with Gasteiger partial charge < -0.3 is 10.5 Å². The van der Waals surface area contributed by atoms with Crippen molar-refractivity contribution < 1.29 is 18.3 Å². The second kappa shape index (κ2) is 9.27. The van der Waals surface area contributed by atoms with Gasteiger partial charge in [-0.1, -0.05) is 35.3 Å². The van der Waals surface area contributed by atoms with E-state index in [1.807, 2.05) is 0 Å². The number of benzene rings is 2. The van der Waals surface area contributed by atoms with Crippen LogP contribution < -0.4 is 10.5 Å². The highest BCUT2D eigenvalue weighted by molar-refractivity contribution is 8.04. The number of hydrogen-bond acceptors (Lipinski definition) is 6. The summed E-state index contributed by atoms with van der Waals surface area (Å²) in [7, 11) is 0. The summed E-state index contributed by atoms with van der Waals surface area (Å²) in [5.41, 5.74) is 6.71. The first-order valence-corrected chi connectivity index (χ1v) is 10.6. The van der Waals surface area contributed by atoms with Crippen molar-refractivity contribution in [3.8, 4) is 5.75 Å². The molecule has 2 N–H and O–H groups in total. The molecular formula is C20H13Cl2F2N5O2S. The maximum absolute atomic E-state index is 13.3. The SMILES string of the molecule is NC(=O)COc1ccc(/C=C2\Sc3nnc(C(F)F)n3N=C2c2ccc(Cl)cc2Cl)cc1. The molecule has 0 fully saturated rings. The Morgan fingerprint density at radius 1 is 1.19 bits per heavy atom. The molecule has 0 unspecified atom stereocenters. The van der Waals surface area contributed by atoms with Crippen molar-refractivity contribution in [1.29, 1.82) is 0 Å². The van der Waals surface area contributed by atoms with Crippen molar-refractivity contribution in [3.05, 3.63) is 74.4 Å². The first kappa shape index (κ1) is 22.3. The molecule has 1 aromatic heterocycles. The third-order valence-corrected chi connectivity index (χ3v) is 5.73. The molecule has 0 bridgehead atoms. The molecule has 32 heavy (non-hydrogen) atoms. The van der Waals surface area contributed by atoms with Gasteiger partial charge in [-0.3, -0.25) is 4.79 Å². The zero-order valence-electron chi connectivity index (χ0n) is 16.0. The third kappa shape index (κ3) is 4.77. The lowest BCUT2D eigenvalue weighted by atomic mass is 10.1. The van der Waals surface area contributed by atoms with E-state index in [0.717, 1.165) is 22.0 Å². The average molecular weight is 496 g/mol. The number of allylic oxidation sites excluding steroid dienone is 1. The van der Waals surface area contributed by atoms with E-state index in [-0.39, 0.29) is 11.8 Å². The van der Waals surface area contributed by atoms with Gasteiger partial charge in [-0.15, -0.1) is 10.2 Å². The topological polar surface area (TPSA) is 95.4 Å². The molecule has 3 aromatic rings. The van der Waals surface area contributed by atoms with Crippen LogP contribution in [0.25, 0.3) is 6.08 Å². The van der Waals surface area contributed by atoms with Crippen LogP contribution in [-0.2, 0) is 4.79 Å². The predicted molar refractivity (Wildman–Crippen MR) is 118 cm³/mol. The summed E-state index contributed by atoms with van der Waals surface area (Å²) < 4.78 is 32.9. The van der Waals surface area contributed by atoms with Crippen LogP contribution in [0.2, 0.25) is 10.0 Å². The number of fused-ring (bicyclic) bond motifs is 1. The molecule has 0 radical (unpaired) electrons. The molecule has 0 saturated carbocycles. The molecule has 2 heterocycles. The van der Waals surface area contributed by atoms with Crippen molar-refractivity contribution >= 4 is 52.7 Å². The molecule has 164 valence electrons. The highest BCUT2D eigenvalue weighted by Gasteiger charge is 2.28. The van der Waals surface area contributed by atoms with Gasteiger partial charge in [0.2, 0.25) is 11.0 Å². The first-order valence-electron chi connectivity index (χ1n) is 9.01. The number of nitrogens with zero attached hydrogens (tertiary/aromatic N) is 4. The maximum atomic E-state index is 13.3. The highest BCUT2D eigenvalue weighted by Crippen LogP contribution is 2.38. The predicted octanol–water partition coefficient (Wildman–Crippen LogP) is 4.79. The Morgan fingerprint density at radius 2 is 1.94 bits per heavy atom. The standard InChI is InChI=1S/C20H13Cl2F2N5O2S/c21-11-3-6-13(14(22)8-11)17-15(32-20-27-26-19(18(23)24)29(20)28-17)7-10-1-4-12(5-2-10)31-9-16(25)30/h1-8,18H,9H2,(H2,25,30)/b15-7-. The average Bonchev–Trinajstić information content (AvgIpc) is 3.16. The summed E-state index contributed by atoms with van der Waals surface area (Å²) in [6, 6.07) is 11.7. The largest absolute Gasteiger partial charge is 0.484 e. The van der Waals surface area contributed by atoms with Crippen molar-refractivity contribution in [1.82, 2.24) is 14.9 Å². The van der Waals surface area contributed by atoms with Gasteiger partial charge >= 0.3 is 0 Å². The number of halogens is 4. The molecule has 0 atom stereocenters. The monoisotopic (exact) mass is 495 g/mol. The third-order valence-electron chi connectivity index (χ3n) is 4.21. The number of amides is 1. The highest BCUT2D eigenvalue weighted by atomic mass is 35.5. The van der Waals surface area contributed by atoms with Gasteiger partial charge in [0.05, 0.1) is 5.02 Å². The van der Waals surface area contributed by atoms with Crippen molar-refractivity contribution in [2.24, 2.45) is 10.8 Å². The van der Waals surface area contributed by atoms with E-state index in [1.165, 1.54) is 0 Å². The number of aromatic nitrogens is 3. The van der Waals surface area contributed by atoms with Crippen LogP contribution in [-0.4, -0.2) is 33.1 Å². The van der Waals surface area contributed by atoms with Crippen LogP contribution in [0.1, 0.15) is 23.4 Å². The van der Waals surface area contributed by atoms with Crippen molar-refractivity contribution in [2.75, 3.05) is 6.61 Å². The number of ether oxygens (including phenoxy) is 1. The Balaban J connectivity index is 1.75. The van der Waals surface area contributed by atoms with Crippen molar-refractivity contribution in [3.63, 3.8) is 0 Å². The van der Waals surface area contributed by atoms with Crippen molar-refractivity contribution in [2.45, 2.75) is 11.6 Å². The molecule has 1 aliphatic heterocycles. The van der Waals surface area contributed by atoms with Crippen LogP contribution in [0.5, 0.6) is 5.75 Å². The Labute approximate surface area is 194 Å². The second-order valence-corrected chi connectivity index (χ2v) is 8.31. The lowest BCUT2D eigenvalue weighted by Gasteiger charge is -2.18. The number of thioether (sulfide) groups is 1. The summed E-state index contributed by atoms with van der Waals surface area (Å²) in [5.74, 6) is -0.675. The first-order chi connectivity index (χ1) is 15.3. The summed E-state index contributed by atoms with van der Waals surface area (Å²) in [6.45, 7) is -0.232. The van der Waals surface area contributed by atoms with E-state index in [2.05, 4.69) is 15.3 Å². The lowest BCUT2D eigenvalue weighted by molar-refractivity contribution is -0.119. The normalized spacial score (nSPS) is 14.4. The number of nitrogens with two attached hydrogens (primary N) is 1. The van der Waals surface area contributed by atoms with E-state index >= 15 is 0 Å². The van der Waals surface area contributed by atoms with Gasteiger partial charge in [-0.25, -0.2) is 8.78 Å². The Bertz CT molecular complexity index is 1250. The van der Waals surface area contributed by atoms with Gasteiger partial charge in [-0.2, -0.15) is 9.78 Å². The van der Waals surface area contributed by atoms with Crippen LogP contribution >= 0.6 is 35.0 Å². The molecule has 0 spiro atoms. The zero-order valence-corrected chi connectivity index (χ0v) is 18.3. The minimum Gasteiger partial charge on any atom is -0.484 e. The molecule has 2 aromatic carbocycles. The number of carbonyl (C=O) groups excluding carboxylic acids is 1. The molecule has 1 aliphatic rings. The van der Waals surface area contributed by atoms with Gasteiger partial charge in [-0.05, 0) is 53.7 Å². The number of alkyl halides is 2. The summed E-state index contributed by atoms with van der Waals surface area (Å²) in [4.78, 5) is 11.5. The summed E-state index contributed by atoms with van der Waals surface area (Å²) in [6.07, 6.45) is -1.05. The van der Waals surface area contributed by atoms with Crippen LogP contribution in [0.15, 0.2) is 57.6 Å². The van der Waals surface area contributed by atoms with E-state index in [0.29, 0.717) is 32.0 Å². The lowest BCUT2D eigenvalue weighted by Crippen LogP contribution is -2.19. The summed E-state index contributed by atoms with van der Waals surface area (Å²) >= 11 is 13.5.